The van der Waals surface area contributed by atoms with Gasteiger partial charge >= 0.3 is 0 Å². The number of aromatic nitrogens is 2. The minimum absolute atomic E-state index is 0.000990. The molecule has 1 N–H and O–H groups in total. The number of nitrogens with one attached hydrogen (secondary N) is 1. The SMILES string of the molecule is COc1cc(F)ccc1Oc1nc2ccccc2nc1C(=O)Nc1ccccc1. The van der Waals surface area contributed by atoms with Crippen LogP contribution in [-0.4, -0.2) is 23.0 Å². The molecule has 0 aliphatic heterocycles. The number of carbonyl (C=O) groups is 1. The molecular formula is C22H16FN3O3. The Kier molecular flexibility index (Phi) is 5.03. The normalized spacial score (nSPS) is 10.6. The van der Waals surface area contributed by atoms with Crippen LogP contribution in [-0.2, 0) is 0 Å². The van der Waals surface area contributed by atoms with Gasteiger partial charge in [-0.2, -0.15) is 0 Å². The van der Waals surface area contributed by atoms with Crippen molar-refractivity contribution < 1.29 is 18.7 Å². The van der Waals surface area contributed by atoms with Crippen LogP contribution >= 0.6 is 0 Å². The van der Waals surface area contributed by atoms with Crippen molar-refractivity contribution in [2.24, 2.45) is 0 Å². The fourth-order valence-electron chi connectivity index (χ4n) is 2.74. The number of halogens is 1. The molecule has 0 bridgehead atoms. The summed E-state index contributed by atoms with van der Waals surface area (Å²) in [6.07, 6.45) is 0. The molecule has 4 aromatic rings. The molecule has 4 rings (SSSR count). The molecule has 29 heavy (non-hydrogen) atoms. The van der Waals surface area contributed by atoms with E-state index in [0.717, 1.165) is 0 Å². The monoisotopic (exact) mass is 389 g/mol. The molecule has 0 saturated carbocycles. The van der Waals surface area contributed by atoms with E-state index >= 15 is 0 Å². The highest BCUT2D eigenvalue weighted by Crippen LogP contribution is 2.33. The van der Waals surface area contributed by atoms with Gasteiger partial charge in [0.25, 0.3) is 11.8 Å². The number of amides is 1. The summed E-state index contributed by atoms with van der Waals surface area (Å²) < 4.78 is 24.5. The number of benzene rings is 3. The average molecular weight is 389 g/mol. The topological polar surface area (TPSA) is 73.3 Å². The summed E-state index contributed by atoms with van der Waals surface area (Å²) in [5.74, 6) is -0.574. The van der Waals surface area contributed by atoms with Crippen molar-refractivity contribution in [2.75, 3.05) is 12.4 Å². The molecule has 0 radical (unpaired) electrons. The lowest BCUT2D eigenvalue weighted by atomic mass is 10.2. The molecule has 0 aliphatic rings. The standard InChI is InChI=1S/C22H16FN3O3/c1-28-19-13-14(23)11-12-18(19)29-22-20(21(27)24-15-7-3-2-4-8-15)25-16-9-5-6-10-17(16)26-22/h2-13H,1H3,(H,24,27). The summed E-state index contributed by atoms with van der Waals surface area (Å²) in [5, 5.41) is 2.77. The van der Waals surface area contributed by atoms with Crippen molar-refractivity contribution in [3.05, 3.63) is 84.3 Å². The molecule has 0 atom stereocenters. The van der Waals surface area contributed by atoms with Crippen LogP contribution in [0.1, 0.15) is 10.5 Å². The number of ether oxygens (including phenoxy) is 2. The second kappa shape index (κ2) is 7.93. The lowest BCUT2D eigenvalue weighted by Gasteiger charge is -2.13. The lowest BCUT2D eigenvalue weighted by molar-refractivity contribution is 0.101. The Hall–Kier alpha value is -4.00. The third-order valence-corrected chi connectivity index (χ3v) is 4.12. The molecule has 1 amide bonds. The summed E-state index contributed by atoms with van der Waals surface area (Å²) >= 11 is 0. The van der Waals surface area contributed by atoms with E-state index in [1.54, 1.807) is 30.3 Å². The summed E-state index contributed by atoms with van der Waals surface area (Å²) in [4.78, 5) is 21.8. The van der Waals surface area contributed by atoms with Gasteiger partial charge in [0.15, 0.2) is 17.2 Å². The highest BCUT2D eigenvalue weighted by molar-refractivity contribution is 6.05. The van der Waals surface area contributed by atoms with Gasteiger partial charge in [0, 0.05) is 11.8 Å². The first kappa shape index (κ1) is 18.4. The predicted octanol–water partition coefficient (Wildman–Crippen LogP) is 4.82. The van der Waals surface area contributed by atoms with E-state index in [1.807, 2.05) is 24.3 Å². The second-order valence-electron chi connectivity index (χ2n) is 6.08. The number of nitrogens with zero attached hydrogens (tertiary/aromatic N) is 2. The van der Waals surface area contributed by atoms with Crippen molar-refractivity contribution in [3.8, 4) is 17.4 Å². The van der Waals surface area contributed by atoms with Gasteiger partial charge in [0.1, 0.15) is 5.82 Å². The zero-order chi connectivity index (χ0) is 20.2. The molecule has 1 heterocycles. The molecule has 0 fully saturated rings. The number of fused-ring (bicyclic) bond motifs is 1. The molecule has 7 heteroatoms. The van der Waals surface area contributed by atoms with Gasteiger partial charge < -0.3 is 14.8 Å². The van der Waals surface area contributed by atoms with Crippen LogP contribution in [0.3, 0.4) is 0 Å². The van der Waals surface area contributed by atoms with Gasteiger partial charge in [0.05, 0.1) is 18.1 Å². The van der Waals surface area contributed by atoms with Gasteiger partial charge in [-0.05, 0) is 36.4 Å². The largest absolute Gasteiger partial charge is 0.493 e. The summed E-state index contributed by atoms with van der Waals surface area (Å²) in [6, 6.07) is 19.9. The van der Waals surface area contributed by atoms with E-state index in [1.165, 1.54) is 25.3 Å². The lowest BCUT2D eigenvalue weighted by Crippen LogP contribution is -2.16. The van der Waals surface area contributed by atoms with Gasteiger partial charge in [-0.15, -0.1) is 0 Å². The van der Waals surface area contributed by atoms with Gasteiger partial charge in [-0.3, -0.25) is 4.79 Å². The van der Waals surface area contributed by atoms with E-state index in [0.29, 0.717) is 16.7 Å². The minimum atomic E-state index is -0.481. The number of hydrogen-bond acceptors (Lipinski definition) is 5. The fourth-order valence-corrected chi connectivity index (χ4v) is 2.74. The Morgan fingerprint density at radius 2 is 1.59 bits per heavy atom. The van der Waals surface area contributed by atoms with Crippen molar-refractivity contribution >= 4 is 22.6 Å². The Bertz CT molecular complexity index is 1180. The number of rotatable bonds is 5. The maximum Gasteiger partial charge on any atom is 0.279 e. The molecule has 0 spiro atoms. The average Bonchev–Trinajstić information content (AvgIpc) is 2.75. The molecule has 0 saturated heterocycles. The van der Waals surface area contributed by atoms with Crippen LogP contribution in [0, 0.1) is 5.82 Å². The molecule has 0 unspecified atom stereocenters. The summed E-state index contributed by atoms with van der Waals surface area (Å²) in [5.41, 5.74) is 1.71. The third kappa shape index (κ3) is 3.98. The van der Waals surface area contributed by atoms with E-state index in [2.05, 4.69) is 15.3 Å². The van der Waals surface area contributed by atoms with Crippen LogP contribution in [0.4, 0.5) is 10.1 Å². The Morgan fingerprint density at radius 1 is 0.897 bits per heavy atom. The molecule has 144 valence electrons. The maximum absolute atomic E-state index is 13.5. The number of methoxy groups -OCH3 is 1. The summed E-state index contributed by atoms with van der Waals surface area (Å²) in [7, 11) is 1.40. The van der Waals surface area contributed by atoms with Crippen molar-refractivity contribution in [3.63, 3.8) is 0 Å². The first-order valence-corrected chi connectivity index (χ1v) is 8.78. The van der Waals surface area contributed by atoms with Gasteiger partial charge in [0.2, 0.25) is 0 Å². The molecule has 6 nitrogen and oxygen atoms in total. The zero-order valence-corrected chi connectivity index (χ0v) is 15.4. The van der Waals surface area contributed by atoms with Crippen LogP contribution in [0.15, 0.2) is 72.8 Å². The third-order valence-electron chi connectivity index (χ3n) is 4.12. The van der Waals surface area contributed by atoms with E-state index < -0.39 is 11.7 Å². The Labute approximate surface area is 166 Å². The van der Waals surface area contributed by atoms with Crippen LogP contribution < -0.4 is 14.8 Å². The second-order valence-corrected chi connectivity index (χ2v) is 6.08. The highest BCUT2D eigenvalue weighted by Gasteiger charge is 2.20. The van der Waals surface area contributed by atoms with Gasteiger partial charge in [-0.1, -0.05) is 30.3 Å². The number of anilines is 1. The van der Waals surface area contributed by atoms with Crippen LogP contribution in [0.25, 0.3) is 11.0 Å². The quantitative estimate of drug-likeness (QED) is 0.530. The Morgan fingerprint density at radius 3 is 2.31 bits per heavy atom. The summed E-state index contributed by atoms with van der Waals surface area (Å²) in [6.45, 7) is 0. The van der Waals surface area contributed by atoms with Gasteiger partial charge in [-0.25, -0.2) is 14.4 Å². The number of hydrogen-bond donors (Lipinski definition) is 1. The van der Waals surface area contributed by atoms with Crippen molar-refractivity contribution in [1.29, 1.82) is 0 Å². The first-order valence-electron chi connectivity index (χ1n) is 8.78. The highest BCUT2D eigenvalue weighted by atomic mass is 19.1. The molecule has 3 aromatic carbocycles. The molecule has 1 aromatic heterocycles. The van der Waals surface area contributed by atoms with Crippen molar-refractivity contribution in [2.45, 2.75) is 0 Å². The minimum Gasteiger partial charge on any atom is -0.493 e. The molecular weight excluding hydrogens is 373 g/mol. The van der Waals surface area contributed by atoms with E-state index in [9.17, 15) is 9.18 Å². The predicted molar refractivity (Wildman–Crippen MR) is 107 cm³/mol. The zero-order valence-electron chi connectivity index (χ0n) is 15.4. The fraction of sp³-hybridized carbons (Fsp3) is 0.0455. The van der Waals surface area contributed by atoms with Crippen molar-refractivity contribution in [1.82, 2.24) is 9.97 Å². The maximum atomic E-state index is 13.5. The molecule has 0 aliphatic carbocycles. The Balaban J connectivity index is 1.77. The van der Waals surface area contributed by atoms with Crippen LogP contribution in [0.5, 0.6) is 17.4 Å². The van der Waals surface area contributed by atoms with E-state index in [-0.39, 0.29) is 23.1 Å². The first-order chi connectivity index (χ1) is 14.1. The number of carbonyl (C=O) groups excluding carboxylic acids is 1. The number of para-hydroxylation sites is 3. The smallest absolute Gasteiger partial charge is 0.279 e. The van der Waals surface area contributed by atoms with E-state index in [4.69, 9.17) is 9.47 Å². The van der Waals surface area contributed by atoms with Crippen LogP contribution in [0.2, 0.25) is 0 Å².